The Hall–Kier alpha value is -2.23. The van der Waals surface area contributed by atoms with Crippen LogP contribution in [-0.4, -0.2) is 4.98 Å². The summed E-state index contributed by atoms with van der Waals surface area (Å²) < 4.78 is 0. The number of fused-ring (bicyclic) bond motifs is 1. The van der Waals surface area contributed by atoms with E-state index in [1.54, 1.807) is 0 Å². The maximum Gasteiger partial charge on any atom is 0.0705 e. The third-order valence-corrected chi connectivity index (χ3v) is 3.75. The molecule has 106 valence electrons. The molecule has 1 heterocycles. The lowest BCUT2D eigenvalue weighted by Gasteiger charge is -2.16. The molecule has 3 heteroatoms. The van der Waals surface area contributed by atoms with Crippen LogP contribution in [0, 0.1) is 6.92 Å². The number of nitrogens with two attached hydrogens (primary N) is 1. The Labute approximate surface area is 124 Å². The highest BCUT2D eigenvalue weighted by atomic mass is 15.2. The molecule has 3 rings (SSSR count). The first kappa shape index (κ1) is 13.7. The van der Waals surface area contributed by atoms with E-state index in [-0.39, 0.29) is 6.04 Å². The summed E-state index contributed by atoms with van der Waals surface area (Å²) in [5.74, 6) is 5.73. The van der Waals surface area contributed by atoms with Crippen molar-refractivity contribution in [3.63, 3.8) is 0 Å². The highest BCUT2D eigenvalue weighted by molar-refractivity contribution is 5.78. The zero-order valence-electron chi connectivity index (χ0n) is 12.1. The Morgan fingerprint density at radius 2 is 1.76 bits per heavy atom. The van der Waals surface area contributed by atoms with Crippen LogP contribution in [0.3, 0.4) is 0 Å². The second-order valence-corrected chi connectivity index (χ2v) is 5.33. The SMILES string of the molecule is Cc1ccc(C(Cc2ccc3ccccc3n2)NN)cc1. The lowest BCUT2D eigenvalue weighted by atomic mass is 10.0. The molecule has 0 aliphatic heterocycles. The standard InChI is InChI=1S/C18H19N3/c1-13-6-8-15(9-7-13)18(21-19)12-16-11-10-14-4-2-3-5-17(14)20-16/h2-11,18,21H,12,19H2,1H3. The summed E-state index contributed by atoms with van der Waals surface area (Å²) in [6.07, 6.45) is 0.768. The number of hydrogen-bond donors (Lipinski definition) is 2. The molecule has 3 N–H and O–H groups in total. The third kappa shape index (κ3) is 3.10. The van der Waals surface area contributed by atoms with E-state index in [1.165, 1.54) is 11.1 Å². The fourth-order valence-corrected chi connectivity index (χ4v) is 2.50. The highest BCUT2D eigenvalue weighted by Gasteiger charge is 2.11. The lowest BCUT2D eigenvalue weighted by Crippen LogP contribution is -2.29. The van der Waals surface area contributed by atoms with E-state index >= 15 is 0 Å². The molecule has 1 aromatic heterocycles. The molecule has 0 saturated heterocycles. The first-order valence-corrected chi connectivity index (χ1v) is 7.13. The maximum atomic E-state index is 5.73. The van der Waals surface area contributed by atoms with Crippen LogP contribution in [0.1, 0.15) is 22.9 Å². The van der Waals surface area contributed by atoms with E-state index in [1.807, 2.05) is 18.2 Å². The van der Waals surface area contributed by atoms with Gasteiger partial charge in [0.05, 0.1) is 11.6 Å². The van der Waals surface area contributed by atoms with Crippen LogP contribution >= 0.6 is 0 Å². The second-order valence-electron chi connectivity index (χ2n) is 5.33. The number of aromatic nitrogens is 1. The largest absolute Gasteiger partial charge is 0.271 e. The molecule has 2 aromatic carbocycles. The number of para-hydroxylation sites is 1. The van der Waals surface area contributed by atoms with Crippen molar-refractivity contribution < 1.29 is 0 Å². The molecule has 0 spiro atoms. The predicted molar refractivity (Wildman–Crippen MR) is 86.7 cm³/mol. The van der Waals surface area contributed by atoms with E-state index in [0.29, 0.717) is 0 Å². The summed E-state index contributed by atoms with van der Waals surface area (Å²) in [6.45, 7) is 2.08. The van der Waals surface area contributed by atoms with Crippen molar-refractivity contribution in [3.8, 4) is 0 Å². The van der Waals surface area contributed by atoms with Crippen LogP contribution < -0.4 is 11.3 Å². The number of nitrogens with one attached hydrogen (secondary N) is 1. The van der Waals surface area contributed by atoms with E-state index < -0.39 is 0 Å². The molecule has 0 amide bonds. The average molecular weight is 277 g/mol. The Balaban J connectivity index is 1.86. The average Bonchev–Trinajstić information content (AvgIpc) is 2.53. The van der Waals surface area contributed by atoms with Crippen molar-refractivity contribution in [2.45, 2.75) is 19.4 Å². The van der Waals surface area contributed by atoms with Gasteiger partial charge in [-0.15, -0.1) is 0 Å². The van der Waals surface area contributed by atoms with Gasteiger partial charge in [0.2, 0.25) is 0 Å². The number of hydrazine groups is 1. The Kier molecular flexibility index (Phi) is 3.95. The molecule has 0 fully saturated rings. The lowest BCUT2D eigenvalue weighted by molar-refractivity contribution is 0.546. The van der Waals surface area contributed by atoms with Gasteiger partial charge in [0.1, 0.15) is 0 Å². The van der Waals surface area contributed by atoms with Crippen molar-refractivity contribution in [2.75, 3.05) is 0 Å². The molecular weight excluding hydrogens is 258 g/mol. The van der Waals surface area contributed by atoms with Crippen LogP contribution in [0.25, 0.3) is 10.9 Å². The van der Waals surface area contributed by atoms with Gasteiger partial charge in [-0.3, -0.25) is 16.3 Å². The summed E-state index contributed by atoms with van der Waals surface area (Å²) >= 11 is 0. The molecule has 0 radical (unpaired) electrons. The van der Waals surface area contributed by atoms with Crippen LogP contribution in [0.5, 0.6) is 0 Å². The number of aryl methyl sites for hydroxylation is 1. The van der Waals surface area contributed by atoms with Crippen LogP contribution in [0.2, 0.25) is 0 Å². The molecule has 0 bridgehead atoms. The van der Waals surface area contributed by atoms with Crippen molar-refractivity contribution >= 4 is 10.9 Å². The van der Waals surface area contributed by atoms with Gasteiger partial charge in [0, 0.05) is 17.5 Å². The zero-order chi connectivity index (χ0) is 14.7. The quantitative estimate of drug-likeness (QED) is 0.568. The van der Waals surface area contributed by atoms with Crippen LogP contribution in [0.4, 0.5) is 0 Å². The fourth-order valence-electron chi connectivity index (χ4n) is 2.50. The fraction of sp³-hybridized carbons (Fsp3) is 0.167. The minimum Gasteiger partial charge on any atom is -0.271 e. The Morgan fingerprint density at radius 3 is 2.52 bits per heavy atom. The van der Waals surface area contributed by atoms with Gasteiger partial charge < -0.3 is 0 Å². The normalized spacial score (nSPS) is 12.5. The molecular formula is C18H19N3. The summed E-state index contributed by atoms with van der Waals surface area (Å²) in [6, 6.07) is 20.8. The van der Waals surface area contributed by atoms with Gasteiger partial charge >= 0.3 is 0 Å². The van der Waals surface area contributed by atoms with Gasteiger partial charge in [0.15, 0.2) is 0 Å². The first-order chi connectivity index (χ1) is 10.3. The van der Waals surface area contributed by atoms with Crippen LogP contribution in [-0.2, 0) is 6.42 Å². The van der Waals surface area contributed by atoms with E-state index in [4.69, 9.17) is 10.8 Å². The van der Waals surface area contributed by atoms with Gasteiger partial charge in [-0.1, -0.05) is 54.1 Å². The summed E-state index contributed by atoms with van der Waals surface area (Å²) in [4.78, 5) is 4.71. The van der Waals surface area contributed by atoms with Crippen molar-refractivity contribution in [2.24, 2.45) is 5.84 Å². The summed E-state index contributed by atoms with van der Waals surface area (Å²) in [5.41, 5.74) is 7.38. The topological polar surface area (TPSA) is 50.9 Å². The molecule has 1 atom stereocenters. The maximum absolute atomic E-state index is 5.73. The molecule has 0 aliphatic carbocycles. The van der Waals surface area contributed by atoms with Gasteiger partial charge in [0.25, 0.3) is 0 Å². The summed E-state index contributed by atoms with van der Waals surface area (Å²) in [5, 5.41) is 1.16. The Bertz CT molecular complexity index is 735. The molecule has 21 heavy (non-hydrogen) atoms. The third-order valence-electron chi connectivity index (χ3n) is 3.75. The number of hydrogen-bond acceptors (Lipinski definition) is 3. The minimum atomic E-state index is 0.0688. The number of benzene rings is 2. The van der Waals surface area contributed by atoms with Gasteiger partial charge in [-0.05, 0) is 24.6 Å². The second kappa shape index (κ2) is 6.04. The summed E-state index contributed by atoms with van der Waals surface area (Å²) in [7, 11) is 0. The highest BCUT2D eigenvalue weighted by Crippen LogP contribution is 2.19. The van der Waals surface area contributed by atoms with Crippen molar-refractivity contribution in [1.82, 2.24) is 10.4 Å². The smallest absolute Gasteiger partial charge is 0.0705 e. The van der Waals surface area contributed by atoms with E-state index in [2.05, 4.69) is 54.8 Å². The number of nitrogens with zero attached hydrogens (tertiary/aromatic N) is 1. The molecule has 3 aromatic rings. The zero-order valence-corrected chi connectivity index (χ0v) is 12.1. The van der Waals surface area contributed by atoms with Crippen molar-refractivity contribution in [1.29, 1.82) is 0 Å². The van der Waals surface area contributed by atoms with Gasteiger partial charge in [-0.2, -0.15) is 0 Å². The van der Waals surface area contributed by atoms with E-state index in [9.17, 15) is 0 Å². The monoisotopic (exact) mass is 277 g/mol. The molecule has 1 unspecified atom stereocenters. The van der Waals surface area contributed by atoms with E-state index in [0.717, 1.165) is 23.0 Å². The first-order valence-electron chi connectivity index (χ1n) is 7.13. The predicted octanol–water partition coefficient (Wildman–Crippen LogP) is 3.29. The van der Waals surface area contributed by atoms with Crippen LogP contribution in [0.15, 0.2) is 60.7 Å². The Morgan fingerprint density at radius 1 is 1.00 bits per heavy atom. The molecule has 3 nitrogen and oxygen atoms in total. The molecule has 0 aliphatic rings. The number of pyridine rings is 1. The molecule has 0 saturated carbocycles. The van der Waals surface area contributed by atoms with Gasteiger partial charge in [-0.25, -0.2) is 0 Å². The van der Waals surface area contributed by atoms with Crippen molar-refractivity contribution in [3.05, 3.63) is 77.5 Å². The minimum absolute atomic E-state index is 0.0688. The number of rotatable bonds is 4.